The smallest absolute Gasteiger partial charge is 0.255 e. The molecule has 0 aliphatic heterocycles. The minimum Gasteiger partial charge on any atom is -0.466 e. The molecule has 0 saturated carbocycles. The van der Waals surface area contributed by atoms with E-state index in [0.717, 1.165) is 11.6 Å². The molecule has 2 N–H and O–H groups in total. The molecule has 0 fully saturated rings. The molecule has 0 aliphatic carbocycles. The van der Waals surface area contributed by atoms with Gasteiger partial charge in [0.2, 0.25) is 0 Å². The molecule has 0 spiro atoms. The average Bonchev–Trinajstić information content (AvgIpc) is 2.72. The maximum Gasteiger partial charge on any atom is 0.255 e. The molecular formula is C16H17ClFNO3. The van der Waals surface area contributed by atoms with Crippen LogP contribution in [0, 0.1) is 26.6 Å². The van der Waals surface area contributed by atoms with E-state index in [0.29, 0.717) is 22.6 Å². The zero-order valence-electron chi connectivity index (χ0n) is 12.5. The lowest BCUT2D eigenvalue weighted by Gasteiger charge is -2.13. The number of aryl methyl sites for hydroxylation is 2. The monoisotopic (exact) mass is 325 g/mol. The van der Waals surface area contributed by atoms with Gasteiger partial charge in [-0.1, -0.05) is 17.7 Å². The van der Waals surface area contributed by atoms with Crippen LogP contribution in [0.3, 0.4) is 0 Å². The van der Waals surface area contributed by atoms with Crippen molar-refractivity contribution in [3.05, 3.63) is 57.2 Å². The van der Waals surface area contributed by atoms with Crippen molar-refractivity contribution in [1.29, 1.82) is 0 Å². The zero-order valence-corrected chi connectivity index (χ0v) is 13.3. The molecule has 4 nitrogen and oxygen atoms in total. The van der Waals surface area contributed by atoms with Gasteiger partial charge in [0.15, 0.2) is 0 Å². The highest BCUT2D eigenvalue weighted by Crippen LogP contribution is 2.22. The summed E-state index contributed by atoms with van der Waals surface area (Å²) in [6, 6.07) is 4.03. The van der Waals surface area contributed by atoms with Gasteiger partial charge in [-0.2, -0.15) is 0 Å². The van der Waals surface area contributed by atoms with Crippen molar-refractivity contribution in [2.75, 3.05) is 6.54 Å². The molecule has 1 heterocycles. The number of carbonyl (C=O) groups is 1. The number of benzene rings is 1. The van der Waals surface area contributed by atoms with Crippen molar-refractivity contribution >= 4 is 17.5 Å². The van der Waals surface area contributed by atoms with Crippen molar-refractivity contribution in [3.63, 3.8) is 0 Å². The number of furan rings is 1. The van der Waals surface area contributed by atoms with Crippen LogP contribution >= 0.6 is 11.6 Å². The van der Waals surface area contributed by atoms with Gasteiger partial charge in [-0.25, -0.2) is 4.39 Å². The largest absolute Gasteiger partial charge is 0.466 e. The summed E-state index contributed by atoms with van der Waals surface area (Å²) >= 11 is 5.59. The van der Waals surface area contributed by atoms with Crippen LogP contribution < -0.4 is 5.32 Å². The van der Waals surface area contributed by atoms with Gasteiger partial charge >= 0.3 is 0 Å². The Morgan fingerprint density at radius 1 is 1.36 bits per heavy atom. The molecular weight excluding hydrogens is 309 g/mol. The normalized spacial score (nSPS) is 12.3. The molecule has 1 amide bonds. The summed E-state index contributed by atoms with van der Waals surface area (Å²) in [4.78, 5) is 12.2. The van der Waals surface area contributed by atoms with E-state index < -0.39 is 11.9 Å². The maximum atomic E-state index is 13.4. The minimum absolute atomic E-state index is 0.0138. The molecule has 1 unspecified atom stereocenters. The third kappa shape index (κ3) is 3.31. The van der Waals surface area contributed by atoms with E-state index in [9.17, 15) is 14.3 Å². The minimum atomic E-state index is -1.02. The van der Waals surface area contributed by atoms with Crippen molar-refractivity contribution in [1.82, 2.24) is 5.32 Å². The average molecular weight is 326 g/mol. The highest BCUT2D eigenvalue weighted by Gasteiger charge is 2.19. The zero-order chi connectivity index (χ0) is 16.4. The first-order chi connectivity index (χ1) is 10.3. The van der Waals surface area contributed by atoms with Gasteiger partial charge in [0.25, 0.3) is 5.91 Å². The predicted octanol–water partition coefficient (Wildman–Crippen LogP) is 3.46. The third-order valence-corrected chi connectivity index (χ3v) is 3.88. The highest BCUT2D eigenvalue weighted by atomic mass is 35.5. The van der Waals surface area contributed by atoms with E-state index in [-0.39, 0.29) is 17.5 Å². The Morgan fingerprint density at radius 2 is 2.05 bits per heavy atom. The van der Waals surface area contributed by atoms with Crippen molar-refractivity contribution in [2.45, 2.75) is 26.9 Å². The highest BCUT2D eigenvalue weighted by molar-refractivity contribution is 6.30. The lowest BCUT2D eigenvalue weighted by atomic mass is 10.1. The number of aliphatic hydroxyl groups excluding tert-OH is 1. The fraction of sp³-hybridized carbons (Fsp3) is 0.312. The lowest BCUT2D eigenvalue weighted by molar-refractivity contribution is 0.0914. The van der Waals surface area contributed by atoms with Gasteiger partial charge < -0.3 is 14.8 Å². The Balaban J connectivity index is 2.05. The predicted molar refractivity (Wildman–Crippen MR) is 81.6 cm³/mol. The van der Waals surface area contributed by atoms with Gasteiger partial charge in [-0.05, 0) is 38.5 Å². The molecule has 22 heavy (non-hydrogen) atoms. The molecule has 0 saturated heterocycles. The van der Waals surface area contributed by atoms with E-state index in [1.165, 1.54) is 12.1 Å². The lowest BCUT2D eigenvalue weighted by Crippen LogP contribution is -2.29. The molecule has 2 rings (SSSR count). The number of nitrogens with one attached hydrogen (secondary N) is 1. The molecule has 118 valence electrons. The van der Waals surface area contributed by atoms with Gasteiger partial charge in [0, 0.05) is 12.1 Å². The van der Waals surface area contributed by atoms with E-state index in [4.69, 9.17) is 16.0 Å². The number of aliphatic hydroxyl groups is 1. The third-order valence-electron chi connectivity index (χ3n) is 3.57. The van der Waals surface area contributed by atoms with Crippen LogP contribution in [0.5, 0.6) is 0 Å². The van der Waals surface area contributed by atoms with Crippen LogP contribution in [0.25, 0.3) is 0 Å². The van der Waals surface area contributed by atoms with Crippen LogP contribution in [-0.4, -0.2) is 17.6 Å². The molecule has 0 aliphatic rings. The van der Waals surface area contributed by atoms with Crippen molar-refractivity contribution < 1.29 is 18.7 Å². The second-order valence-corrected chi connectivity index (χ2v) is 5.52. The molecule has 6 heteroatoms. The van der Waals surface area contributed by atoms with Crippen LogP contribution in [-0.2, 0) is 0 Å². The van der Waals surface area contributed by atoms with Crippen molar-refractivity contribution in [3.8, 4) is 0 Å². The number of rotatable bonds is 4. The van der Waals surface area contributed by atoms with E-state index in [1.807, 2.05) is 0 Å². The summed E-state index contributed by atoms with van der Waals surface area (Å²) in [6.07, 6.45) is -1.02. The van der Waals surface area contributed by atoms with Gasteiger partial charge in [-0.15, -0.1) is 0 Å². The van der Waals surface area contributed by atoms with Crippen LogP contribution in [0.1, 0.15) is 39.1 Å². The van der Waals surface area contributed by atoms with Gasteiger partial charge in [-0.3, -0.25) is 4.79 Å². The van der Waals surface area contributed by atoms with E-state index in [2.05, 4.69) is 5.32 Å². The maximum absolute atomic E-state index is 13.4. The molecule has 1 aromatic carbocycles. The molecule has 0 bridgehead atoms. The Hall–Kier alpha value is -1.85. The van der Waals surface area contributed by atoms with Crippen LogP contribution in [0.2, 0.25) is 5.02 Å². The second kappa shape index (κ2) is 6.50. The molecule has 1 atom stereocenters. The number of hydrogen-bond acceptors (Lipinski definition) is 3. The molecule has 0 radical (unpaired) electrons. The topological polar surface area (TPSA) is 62.5 Å². The standard InChI is InChI=1S/C16H17ClFNO3/c1-8-9(2)22-10(3)15(8)16(21)19-7-14(20)11-4-5-12(17)13(18)6-11/h4-6,14,20H,7H2,1-3H3,(H,19,21). The van der Waals surface area contributed by atoms with E-state index >= 15 is 0 Å². The Bertz CT molecular complexity index is 712. The van der Waals surface area contributed by atoms with Gasteiger partial charge in [0.05, 0.1) is 16.7 Å². The SMILES string of the molecule is Cc1oc(C)c(C(=O)NCC(O)c2ccc(Cl)c(F)c2)c1C. The van der Waals surface area contributed by atoms with Gasteiger partial charge in [0.1, 0.15) is 17.3 Å². The first-order valence-corrected chi connectivity index (χ1v) is 7.17. The van der Waals surface area contributed by atoms with Crippen LogP contribution in [0.15, 0.2) is 22.6 Å². The van der Waals surface area contributed by atoms with E-state index in [1.54, 1.807) is 20.8 Å². The Morgan fingerprint density at radius 3 is 2.59 bits per heavy atom. The summed E-state index contributed by atoms with van der Waals surface area (Å²) < 4.78 is 18.8. The summed E-state index contributed by atoms with van der Waals surface area (Å²) in [5.41, 5.74) is 1.58. The molecule has 1 aromatic heterocycles. The number of amides is 1. The Kier molecular flexibility index (Phi) is 4.88. The summed E-state index contributed by atoms with van der Waals surface area (Å²) in [6.45, 7) is 5.25. The Labute approximate surface area is 132 Å². The number of hydrogen-bond donors (Lipinski definition) is 2. The summed E-state index contributed by atoms with van der Waals surface area (Å²) in [7, 11) is 0. The first-order valence-electron chi connectivity index (χ1n) is 6.79. The summed E-state index contributed by atoms with van der Waals surface area (Å²) in [5.74, 6) is 0.268. The number of halogens is 2. The first kappa shape index (κ1) is 16.5. The summed E-state index contributed by atoms with van der Waals surface area (Å²) in [5, 5.41) is 12.6. The van der Waals surface area contributed by atoms with Crippen molar-refractivity contribution in [2.24, 2.45) is 0 Å². The number of carbonyl (C=O) groups excluding carboxylic acids is 1. The molecule has 2 aromatic rings. The fourth-order valence-electron chi connectivity index (χ4n) is 2.24. The fourth-order valence-corrected chi connectivity index (χ4v) is 2.36. The van der Waals surface area contributed by atoms with Crippen LogP contribution in [0.4, 0.5) is 4.39 Å². The quantitative estimate of drug-likeness (QED) is 0.905. The second-order valence-electron chi connectivity index (χ2n) is 5.11.